The first-order valence-corrected chi connectivity index (χ1v) is 5.39. The molecule has 0 saturated carbocycles. The Hall–Kier alpha value is -2.28. The van der Waals surface area contributed by atoms with Crippen molar-refractivity contribution in [2.75, 3.05) is 11.1 Å². The number of benzene rings is 1. The van der Waals surface area contributed by atoms with E-state index < -0.39 is 11.7 Å². The van der Waals surface area contributed by atoms with Gasteiger partial charge in [-0.3, -0.25) is 4.79 Å². The number of carbonyl (C=O) groups is 1. The van der Waals surface area contributed by atoms with Crippen LogP contribution < -0.4 is 11.1 Å². The fourth-order valence-corrected chi connectivity index (χ4v) is 1.52. The number of rotatable bonds is 2. The standard InChI is InChI=1S/C11H9FN4OS/c12-6-2-1-3-7(4-6)15-10(17)8-5-14-11(18)16-9(8)13/h1-5H,(H,15,17)(H3,13,14,16,18). The second-order valence-electron chi connectivity index (χ2n) is 3.48. The van der Waals surface area contributed by atoms with E-state index in [-0.39, 0.29) is 16.2 Å². The summed E-state index contributed by atoms with van der Waals surface area (Å²) in [6, 6.07) is 5.54. The van der Waals surface area contributed by atoms with Crippen molar-refractivity contribution in [3.63, 3.8) is 0 Å². The number of anilines is 2. The minimum absolute atomic E-state index is 0.115. The van der Waals surface area contributed by atoms with Crippen LogP contribution in [0, 0.1) is 10.6 Å². The number of nitrogens with zero attached hydrogens (tertiary/aromatic N) is 1. The molecule has 0 unspecified atom stereocenters. The van der Waals surface area contributed by atoms with Crippen LogP contribution in [0.25, 0.3) is 0 Å². The smallest absolute Gasteiger partial charge is 0.260 e. The van der Waals surface area contributed by atoms with E-state index in [1.54, 1.807) is 6.07 Å². The predicted octanol–water partition coefficient (Wildman–Crippen LogP) is 2.11. The van der Waals surface area contributed by atoms with Crippen molar-refractivity contribution in [2.24, 2.45) is 0 Å². The van der Waals surface area contributed by atoms with Gasteiger partial charge in [0, 0.05) is 11.9 Å². The molecule has 0 aliphatic rings. The highest BCUT2D eigenvalue weighted by Gasteiger charge is 2.11. The van der Waals surface area contributed by atoms with Gasteiger partial charge in [0.2, 0.25) is 0 Å². The van der Waals surface area contributed by atoms with Crippen molar-refractivity contribution >= 4 is 29.6 Å². The van der Waals surface area contributed by atoms with Gasteiger partial charge < -0.3 is 16.0 Å². The molecule has 0 spiro atoms. The summed E-state index contributed by atoms with van der Waals surface area (Å²) in [4.78, 5) is 18.2. The molecule has 0 fully saturated rings. The van der Waals surface area contributed by atoms with Crippen molar-refractivity contribution in [3.05, 3.63) is 46.6 Å². The molecule has 1 amide bonds. The van der Waals surface area contributed by atoms with Gasteiger partial charge in [0.1, 0.15) is 11.6 Å². The number of aromatic nitrogens is 2. The van der Waals surface area contributed by atoms with E-state index in [9.17, 15) is 9.18 Å². The number of nitrogen functional groups attached to an aromatic ring is 1. The Kier molecular flexibility index (Phi) is 3.33. The van der Waals surface area contributed by atoms with Gasteiger partial charge in [-0.05, 0) is 30.4 Å². The van der Waals surface area contributed by atoms with Crippen LogP contribution in [0.15, 0.2) is 30.5 Å². The van der Waals surface area contributed by atoms with Gasteiger partial charge in [-0.15, -0.1) is 0 Å². The van der Waals surface area contributed by atoms with Crippen LogP contribution >= 0.6 is 12.2 Å². The number of carbonyl (C=O) groups excluding carboxylic acids is 1. The largest absolute Gasteiger partial charge is 0.384 e. The lowest BCUT2D eigenvalue weighted by Crippen LogP contribution is -2.15. The molecule has 0 radical (unpaired) electrons. The minimum Gasteiger partial charge on any atom is -0.384 e. The second-order valence-corrected chi connectivity index (χ2v) is 3.87. The van der Waals surface area contributed by atoms with Crippen LogP contribution in [0.1, 0.15) is 10.4 Å². The molecule has 0 saturated heterocycles. The molecule has 0 atom stereocenters. The van der Waals surface area contributed by atoms with E-state index >= 15 is 0 Å². The molecule has 1 aromatic carbocycles. The summed E-state index contributed by atoms with van der Waals surface area (Å²) in [5.74, 6) is -0.813. The van der Waals surface area contributed by atoms with Crippen molar-refractivity contribution < 1.29 is 9.18 Å². The van der Waals surface area contributed by atoms with E-state index in [4.69, 9.17) is 18.0 Å². The number of amides is 1. The highest BCUT2D eigenvalue weighted by Crippen LogP contribution is 2.13. The maximum Gasteiger partial charge on any atom is 0.260 e. The Balaban J connectivity index is 2.25. The molecule has 18 heavy (non-hydrogen) atoms. The summed E-state index contributed by atoms with van der Waals surface area (Å²) >= 11 is 4.76. The van der Waals surface area contributed by atoms with Gasteiger partial charge in [-0.1, -0.05) is 6.07 Å². The predicted molar refractivity (Wildman–Crippen MR) is 68.2 cm³/mol. The lowest BCUT2D eigenvalue weighted by Gasteiger charge is -2.06. The zero-order valence-corrected chi connectivity index (χ0v) is 9.92. The summed E-state index contributed by atoms with van der Waals surface area (Å²) < 4.78 is 13.1. The Morgan fingerprint density at radius 1 is 1.50 bits per heavy atom. The molecule has 0 aliphatic heterocycles. The molecule has 0 aliphatic carbocycles. The monoisotopic (exact) mass is 264 g/mol. The molecule has 2 rings (SSSR count). The summed E-state index contributed by atoms with van der Waals surface area (Å²) in [6.45, 7) is 0. The highest BCUT2D eigenvalue weighted by molar-refractivity contribution is 7.71. The average molecular weight is 264 g/mol. The van der Waals surface area contributed by atoms with Gasteiger partial charge in [-0.2, -0.15) is 0 Å². The Morgan fingerprint density at radius 3 is 2.94 bits per heavy atom. The number of H-pyrrole nitrogens is 1. The van der Waals surface area contributed by atoms with Crippen molar-refractivity contribution in [1.82, 2.24) is 9.97 Å². The van der Waals surface area contributed by atoms with E-state index in [0.29, 0.717) is 5.69 Å². The normalized spacial score (nSPS) is 10.1. The van der Waals surface area contributed by atoms with Gasteiger partial charge in [0.15, 0.2) is 4.77 Å². The fraction of sp³-hybridized carbons (Fsp3) is 0. The number of hydrogen-bond donors (Lipinski definition) is 3. The lowest BCUT2D eigenvalue weighted by atomic mass is 10.2. The first kappa shape index (κ1) is 12.2. The molecular weight excluding hydrogens is 255 g/mol. The first-order valence-electron chi connectivity index (χ1n) is 4.98. The maximum absolute atomic E-state index is 12.9. The van der Waals surface area contributed by atoms with Gasteiger partial charge in [0.05, 0.1) is 5.56 Å². The summed E-state index contributed by atoms with van der Waals surface area (Å²) in [7, 11) is 0. The molecule has 92 valence electrons. The third-order valence-corrected chi connectivity index (χ3v) is 2.38. The number of nitrogens with one attached hydrogen (secondary N) is 2. The zero-order chi connectivity index (χ0) is 13.1. The summed E-state index contributed by atoms with van der Waals surface area (Å²) in [5.41, 5.74) is 6.09. The summed E-state index contributed by atoms with van der Waals surface area (Å²) in [6.07, 6.45) is 1.27. The second kappa shape index (κ2) is 4.92. The van der Waals surface area contributed by atoms with Crippen molar-refractivity contribution in [3.8, 4) is 0 Å². The molecule has 1 aromatic heterocycles. The third-order valence-electron chi connectivity index (χ3n) is 2.17. The number of nitrogens with two attached hydrogens (primary N) is 1. The lowest BCUT2D eigenvalue weighted by molar-refractivity contribution is 0.102. The number of hydrogen-bond acceptors (Lipinski definition) is 4. The summed E-state index contributed by atoms with van der Waals surface area (Å²) in [5, 5.41) is 2.51. The minimum atomic E-state index is -0.489. The Bertz CT molecular complexity index is 655. The zero-order valence-electron chi connectivity index (χ0n) is 9.11. The molecule has 5 nitrogen and oxygen atoms in total. The van der Waals surface area contributed by atoms with Crippen LogP contribution in [-0.4, -0.2) is 15.9 Å². The van der Waals surface area contributed by atoms with Gasteiger partial charge in [-0.25, -0.2) is 9.37 Å². The van der Waals surface area contributed by atoms with E-state index in [1.807, 2.05) is 0 Å². The highest BCUT2D eigenvalue weighted by atomic mass is 32.1. The molecule has 0 bridgehead atoms. The van der Waals surface area contributed by atoms with Gasteiger partial charge in [0.25, 0.3) is 5.91 Å². The molecular formula is C11H9FN4OS. The molecule has 1 heterocycles. The number of halogens is 1. The van der Waals surface area contributed by atoms with Crippen molar-refractivity contribution in [2.45, 2.75) is 0 Å². The van der Waals surface area contributed by atoms with Crippen molar-refractivity contribution in [1.29, 1.82) is 0 Å². The van der Waals surface area contributed by atoms with E-state index in [0.717, 1.165) is 0 Å². The van der Waals surface area contributed by atoms with Crippen LogP contribution in [0.5, 0.6) is 0 Å². The van der Waals surface area contributed by atoms with Crippen LogP contribution in [0.2, 0.25) is 0 Å². The first-order chi connectivity index (χ1) is 8.56. The fourth-order valence-electron chi connectivity index (χ4n) is 1.35. The topological polar surface area (TPSA) is 83.8 Å². The van der Waals surface area contributed by atoms with Gasteiger partial charge >= 0.3 is 0 Å². The number of aromatic amines is 1. The molecule has 2 aromatic rings. The average Bonchev–Trinajstić information content (AvgIpc) is 2.28. The molecule has 4 N–H and O–H groups in total. The quantitative estimate of drug-likeness (QED) is 0.725. The van der Waals surface area contributed by atoms with Crippen LogP contribution in [-0.2, 0) is 0 Å². The van der Waals surface area contributed by atoms with Crippen LogP contribution in [0.3, 0.4) is 0 Å². The third kappa shape index (κ3) is 2.69. The maximum atomic E-state index is 12.9. The molecule has 7 heteroatoms. The Labute approximate surface area is 107 Å². The van der Waals surface area contributed by atoms with E-state index in [2.05, 4.69) is 15.3 Å². The SMILES string of the molecule is Nc1[nH]c(=S)ncc1C(=O)Nc1cccc(F)c1. The van der Waals surface area contributed by atoms with E-state index in [1.165, 1.54) is 24.4 Å². The van der Waals surface area contributed by atoms with Crippen LogP contribution in [0.4, 0.5) is 15.9 Å². The Morgan fingerprint density at radius 2 is 2.28 bits per heavy atom.